The molecule has 1 atom stereocenters. The third kappa shape index (κ3) is 4.07. The van der Waals surface area contributed by atoms with Gasteiger partial charge in [0.25, 0.3) is 5.56 Å². The van der Waals surface area contributed by atoms with Crippen LogP contribution in [-0.2, 0) is 16.1 Å². The molecule has 7 nitrogen and oxygen atoms in total. The number of hydrogen-bond donors (Lipinski definition) is 2. The number of carbonyl (C=O) groups is 2. The third-order valence-electron chi connectivity index (χ3n) is 3.22. The fraction of sp³-hybridized carbons (Fsp3) is 0.333. The number of carbonyl (C=O) groups excluding carboxylic acids is 2. The summed E-state index contributed by atoms with van der Waals surface area (Å²) in [5, 5.41) is 5.90. The number of fused-ring (bicyclic) bond motifs is 1. The van der Waals surface area contributed by atoms with Crippen molar-refractivity contribution in [3.63, 3.8) is 0 Å². The summed E-state index contributed by atoms with van der Waals surface area (Å²) in [6, 6.07) is 4.11. The summed E-state index contributed by atoms with van der Waals surface area (Å²) in [6.07, 6.45) is 1.30. The smallest absolute Gasteiger partial charge is 0.261 e. The molecule has 2 aromatic rings. The highest BCUT2D eigenvalue weighted by Gasteiger charge is 2.15. The highest BCUT2D eigenvalue weighted by Crippen LogP contribution is 2.13. The van der Waals surface area contributed by atoms with Gasteiger partial charge in [-0.05, 0) is 32.0 Å². The monoisotopic (exact) mass is 336 g/mol. The topological polar surface area (TPSA) is 93.1 Å². The van der Waals surface area contributed by atoms with E-state index in [0.29, 0.717) is 22.5 Å². The summed E-state index contributed by atoms with van der Waals surface area (Å²) < 4.78 is 1.18. The molecular weight excluding hydrogens is 320 g/mol. The molecule has 2 amide bonds. The minimum absolute atomic E-state index is 0.224. The summed E-state index contributed by atoms with van der Waals surface area (Å²) in [6.45, 7) is 3.62. The molecule has 0 saturated carbocycles. The van der Waals surface area contributed by atoms with E-state index in [-0.39, 0.29) is 18.0 Å². The molecule has 122 valence electrons. The van der Waals surface area contributed by atoms with Gasteiger partial charge in [-0.2, -0.15) is 0 Å². The van der Waals surface area contributed by atoms with E-state index in [4.69, 9.17) is 11.6 Å². The molecule has 0 saturated heterocycles. The van der Waals surface area contributed by atoms with Crippen molar-refractivity contribution < 1.29 is 9.59 Å². The minimum atomic E-state index is -0.680. The van der Waals surface area contributed by atoms with Crippen LogP contribution in [0.1, 0.15) is 13.8 Å². The molecule has 1 aromatic carbocycles. The zero-order chi connectivity index (χ0) is 17.0. The number of likely N-dealkylation sites (N-methyl/N-ethyl adjacent to an activating group) is 1. The lowest BCUT2D eigenvalue weighted by molar-refractivity contribution is -0.128. The Morgan fingerprint density at radius 1 is 1.39 bits per heavy atom. The van der Waals surface area contributed by atoms with Gasteiger partial charge in [-0.1, -0.05) is 11.6 Å². The number of hydrogen-bond acceptors (Lipinski definition) is 4. The highest BCUT2D eigenvalue weighted by molar-refractivity contribution is 6.31. The van der Waals surface area contributed by atoms with Gasteiger partial charge >= 0.3 is 0 Å². The van der Waals surface area contributed by atoms with Gasteiger partial charge in [0, 0.05) is 11.6 Å². The number of halogens is 1. The molecule has 0 unspecified atom stereocenters. The van der Waals surface area contributed by atoms with Gasteiger partial charge in [0.05, 0.1) is 17.2 Å². The third-order valence-corrected chi connectivity index (χ3v) is 3.46. The van der Waals surface area contributed by atoms with Crippen LogP contribution in [0.25, 0.3) is 10.9 Å². The molecule has 0 fully saturated rings. The molecule has 23 heavy (non-hydrogen) atoms. The molecule has 1 aromatic heterocycles. The normalized spacial score (nSPS) is 12.0. The van der Waals surface area contributed by atoms with Crippen molar-refractivity contribution in [1.29, 1.82) is 0 Å². The first kappa shape index (κ1) is 17.0. The maximum atomic E-state index is 12.3. The largest absolute Gasteiger partial charge is 0.355 e. The van der Waals surface area contributed by atoms with Crippen molar-refractivity contribution in [3.05, 3.63) is 39.9 Å². The van der Waals surface area contributed by atoms with Gasteiger partial charge in [-0.15, -0.1) is 0 Å². The highest BCUT2D eigenvalue weighted by atomic mass is 35.5. The van der Waals surface area contributed by atoms with Crippen LogP contribution in [0.15, 0.2) is 29.3 Å². The lowest BCUT2D eigenvalue weighted by Crippen LogP contribution is -2.46. The van der Waals surface area contributed by atoms with Gasteiger partial charge in [0.2, 0.25) is 11.8 Å². The second-order valence-electron chi connectivity index (χ2n) is 5.02. The molecule has 0 spiro atoms. The van der Waals surface area contributed by atoms with E-state index in [1.54, 1.807) is 26.0 Å². The van der Waals surface area contributed by atoms with Gasteiger partial charge in [-0.25, -0.2) is 4.98 Å². The van der Waals surface area contributed by atoms with E-state index >= 15 is 0 Å². The molecule has 0 aliphatic carbocycles. The maximum absolute atomic E-state index is 12.3. The Morgan fingerprint density at radius 3 is 2.83 bits per heavy atom. The van der Waals surface area contributed by atoms with Crippen LogP contribution in [0.5, 0.6) is 0 Å². The molecule has 2 rings (SSSR count). The van der Waals surface area contributed by atoms with Crippen LogP contribution in [-0.4, -0.2) is 34.0 Å². The van der Waals surface area contributed by atoms with Gasteiger partial charge in [-0.3, -0.25) is 19.0 Å². The maximum Gasteiger partial charge on any atom is 0.261 e. The molecule has 2 N–H and O–H groups in total. The van der Waals surface area contributed by atoms with Crippen LogP contribution in [0.2, 0.25) is 5.02 Å². The number of nitrogens with zero attached hydrogens (tertiary/aromatic N) is 2. The average Bonchev–Trinajstić information content (AvgIpc) is 2.50. The van der Waals surface area contributed by atoms with E-state index in [1.165, 1.54) is 17.0 Å². The number of amides is 2. The van der Waals surface area contributed by atoms with E-state index in [2.05, 4.69) is 15.6 Å². The molecule has 1 heterocycles. The van der Waals surface area contributed by atoms with Crippen LogP contribution in [0.3, 0.4) is 0 Å². The van der Waals surface area contributed by atoms with Crippen molar-refractivity contribution in [2.45, 2.75) is 26.4 Å². The Bertz CT molecular complexity index is 803. The van der Waals surface area contributed by atoms with Crippen LogP contribution in [0, 0.1) is 0 Å². The SMILES string of the molecule is CCNC(=O)[C@@H](C)NC(=O)Cn1cnc2ccc(Cl)cc2c1=O. The fourth-order valence-electron chi connectivity index (χ4n) is 2.08. The second kappa shape index (κ2) is 7.23. The molecular formula is C15H17ClN4O3. The zero-order valence-corrected chi connectivity index (χ0v) is 13.6. The Hall–Kier alpha value is -2.41. The standard InChI is InChI=1S/C15H17ClN4O3/c1-3-17-14(22)9(2)19-13(21)7-20-8-18-12-5-4-10(16)6-11(12)15(20)23/h4-6,8-9H,3,7H2,1-2H3,(H,17,22)(H,19,21)/t9-/m1/s1. The minimum Gasteiger partial charge on any atom is -0.355 e. The molecule has 0 aliphatic heterocycles. The van der Waals surface area contributed by atoms with Crippen molar-refractivity contribution in [2.75, 3.05) is 6.54 Å². The Morgan fingerprint density at radius 2 is 2.13 bits per heavy atom. The van der Waals surface area contributed by atoms with Crippen molar-refractivity contribution in [1.82, 2.24) is 20.2 Å². The lowest BCUT2D eigenvalue weighted by Gasteiger charge is -2.14. The number of aromatic nitrogens is 2. The Kier molecular flexibility index (Phi) is 5.33. The average molecular weight is 337 g/mol. The first-order chi connectivity index (χ1) is 10.9. The number of rotatable bonds is 5. The lowest BCUT2D eigenvalue weighted by atomic mass is 10.2. The van der Waals surface area contributed by atoms with Crippen LogP contribution >= 0.6 is 11.6 Å². The fourth-order valence-corrected chi connectivity index (χ4v) is 2.25. The predicted molar refractivity (Wildman–Crippen MR) is 87.3 cm³/mol. The van der Waals surface area contributed by atoms with E-state index in [0.717, 1.165) is 0 Å². The molecule has 0 bridgehead atoms. The van der Waals surface area contributed by atoms with Gasteiger partial charge < -0.3 is 10.6 Å². The molecule has 0 aliphatic rings. The predicted octanol–water partition coefficient (Wildman–Crippen LogP) is 0.691. The Balaban J connectivity index is 2.15. The number of nitrogens with one attached hydrogen (secondary N) is 2. The zero-order valence-electron chi connectivity index (χ0n) is 12.8. The Labute approximate surface area is 137 Å². The summed E-state index contributed by atoms with van der Waals surface area (Å²) in [5.41, 5.74) is 0.144. The van der Waals surface area contributed by atoms with E-state index in [1.807, 2.05) is 0 Å². The van der Waals surface area contributed by atoms with Gasteiger partial charge in [0.1, 0.15) is 12.6 Å². The van der Waals surface area contributed by atoms with Crippen molar-refractivity contribution in [2.24, 2.45) is 0 Å². The van der Waals surface area contributed by atoms with E-state index in [9.17, 15) is 14.4 Å². The summed E-state index contributed by atoms with van der Waals surface area (Å²) >= 11 is 5.88. The van der Waals surface area contributed by atoms with Gasteiger partial charge in [0.15, 0.2) is 0 Å². The quantitative estimate of drug-likeness (QED) is 0.840. The van der Waals surface area contributed by atoms with Crippen LogP contribution < -0.4 is 16.2 Å². The summed E-state index contributed by atoms with van der Waals surface area (Å²) in [4.78, 5) is 40.0. The first-order valence-electron chi connectivity index (χ1n) is 7.14. The van der Waals surface area contributed by atoms with Crippen molar-refractivity contribution >= 4 is 34.3 Å². The molecule has 0 radical (unpaired) electrons. The first-order valence-corrected chi connectivity index (χ1v) is 7.52. The summed E-state index contributed by atoms with van der Waals surface area (Å²) in [7, 11) is 0. The van der Waals surface area contributed by atoms with E-state index < -0.39 is 11.9 Å². The van der Waals surface area contributed by atoms with Crippen LogP contribution in [0.4, 0.5) is 0 Å². The number of benzene rings is 1. The van der Waals surface area contributed by atoms with Crippen molar-refractivity contribution in [3.8, 4) is 0 Å². The second-order valence-corrected chi connectivity index (χ2v) is 5.46. The summed E-state index contributed by atoms with van der Waals surface area (Å²) in [5.74, 6) is -0.731. The molecule has 8 heteroatoms.